The fourth-order valence-corrected chi connectivity index (χ4v) is 5.45. The minimum Gasteiger partial charge on any atom is -0.768 e. The Bertz CT molecular complexity index is 1200. The van der Waals surface area contributed by atoms with Crippen LogP contribution in [0.1, 0.15) is 43.0 Å². The number of hydrogen-bond acceptors (Lipinski definition) is 7. The molecular weight excluding hydrogens is 478 g/mol. The van der Waals surface area contributed by atoms with Gasteiger partial charge in [-0.3, -0.25) is 13.7 Å². The zero-order valence-electron chi connectivity index (χ0n) is 18.8. The van der Waals surface area contributed by atoms with Gasteiger partial charge in [-0.2, -0.15) is 0 Å². The van der Waals surface area contributed by atoms with Crippen LogP contribution in [0.3, 0.4) is 0 Å². The molecule has 3 N–H and O–H groups in total. The van der Waals surface area contributed by atoms with Crippen molar-refractivity contribution >= 4 is 44.1 Å². The number of aliphatic hydroxyl groups is 1. The summed E-state index contributed by atoms with van der Waals surface area (Å²) in [5.74, 6) is -0.423. The van der Waals surface area contributed by atoms with Gasteiger partial charge in [0, 0.05) is 23.7 Å². The Labute approximate surface area is 201 Å². The van der Waals surface area contributed by atoms with Gasteiger partial charge in [-0.1, -0.05) is 6.07 Å². The van der Waals surface area contributed by atoms with Gasteiger partial charge in [-0.15, -0.1) is 0 Å². The summed E-state index contributed by atoms with van der Waals surface area (Å²) in [7, 11) is -3.79. The summed E-state index contributed by atoms with van der Waals surface area (Å²) in [6.45, 7) is 2.42. The van der Waals surface area contributed by atoms with Crippen molar-refractivity contribution in [3.8, 4) is 0 Å². The Morgan fingerprint density at radius 3 is 2.47 bits per heavy atom. The quantitative estimate of drug-likeness (QED) is 0.468. The number of benzene rings is 2. The largest absolute Gasteiger partial charge is 0.768 e. The third-order valence-electron chi connectivity index (χ3n) is 6.70. The normalized spacial score (nSPS) is 18.9. The highest BCUT2D eigenvalue weighted by atomic mass is 32.2. The van der Waals surface area contributed by atoms with Crippen LogP contribution in [-0.4, -0.2) is 53.1 Å². The standard InChI is InChI=1S/C23H29N3O6S2/c1-16(15-27)34(31,32)25-18-5-6-20(21(14-18)26-11-9-23(7-8-23)10-12-26)22(28)24-17-3-2-4-19(13-17)33(29)30/h2-6,13-14,16,25,27H,7-12,15H2,1H3,(H,24,28)(H,29,30)/p-1/t16-/m0/s1. The van der Waals surface area contributed by atoms with Crippen molar-refractivity contribution in [2.75, 3.05) is 34.6 Å². The van der Waals surface area contributed by atoms with Crippen LogP contribution in [0.2, 0.25) is 0 Å². The molecule has 2 aromatic carbocycles. The molecule has 1 heterocycles. The molecule has 1 saturated heterocycles. The number of carbonyl (C=O) groups is 1. The summed E-state index contributed by atoms with van der Waals surface area (Å²) in [5.41, 5.74) is 2.03. The van der Waals surface area contributed by atoms with E-state index in [4.69, 9.17) is 0 Å². The minimum atomic E-state index is -3.79. The predicted octanol–water partition coefficient (Wildman–Crippen LogP) is 2.68. The van der Waals surface area contributed by atoms with E-state index in [2.05, 4.69) is 14.9 Å². The second-order valence-electron chi connectivity index (χ2n) is 9.08. The topological polar surface area (TPSA) is 139 Å². The molecule has 2 fully saturated rings. The number of carbonyl (C=O) groups excluding carboxylic acids is 1. The maximum atomic E-state index is 13.2. The maximum absolute atomic E-state index is 13.2. The van der Waals surface area contributed by atoms with Crippen LogP contribution in [0.15, 0.2) is 47.4 Å². The first-order valence-electron chi connectivity index (χ1n) is 11.1. The molecule has 1 aliphatic carbocycles. The van der Waals surface area contributed by atoms with E-state index in [1.165, 1.54) is 38.0 Å². The highest BCUT2D eigenvalue weighted by Gasteiger charge is 2.44. The average Bonchev–Trinajstić information content (AvgIpc) is 3.57. The molecule has 1 saturated carbocycles. The number of piperidine rings is 1. The summed E-state index contributed by atoms with van der Waals surface area (Å²) in [6.07, 6.45) is 4.49. The zero-order chi connectivity index (χ0) is 24.5. The number of sulfonamides is 1. The van der Waals surface area contributed by atoms with E-state index in [0.717, 1.165) is 25.9 Å². The molecule has 9 nitrogen and oxygen atoms in total. The molecular formula is C23H28N3O6S2-. The summed E-state index contributed by atoms with van der Waals surface area (Å²) < 4.78 is 49.9. The van der Waals surface area contributed by atoms with E-state index in [0.29, 0.717) is 28.0 Å². The van der Waals surface area contributed by atoms with Gasteiger partial charge in [-0.25, -0.2) is 8.42 Å². The molecule has 2 aliphatic rings. The third-order valence-corrected chi connectivity index (χ3v) is 9.06. The lowest BCUT2D eigenvalue weighted by Gasteiger charge is -2.35. The van der Waals surface area contributed by atoms with Crippen LogP contribution in [0.25, 0.3) is 0 Å². The van der Waals surface area contributed by atoms with Crippen molar-refractivity contribution in [1.29, 1.82) is 0 Å². The molecule has 0 aromatic heterocycles. The van der Waals surface area contributed by atoms with Gasteiger partial charge in [0.05, 0.1) is 23.5 Å². The van der Waals surface area contributed by atoms with Crippen molar-refractivity contribution in [2.45, 2.75) is 42.8 Å². The van der Waals surface area contributed by atoms with Crippen LogP contribution < -0.4 is 14.9 Å². The maximum Gasteiger partial charge on any atom is 0.257 e. The summed E-state index contributed by atoms with van der Waals surface area (Å²) >= 11 is -2.42. The molecule has 34 heavy (non-hydrogen) atoms. The molecule has 2 aromatic rings. The van der Waals surface area contributed by atoms with E-state index in [-0.39, 0.29) is 4.90 Å². The number of nitrogens with one attached hydrogen (secondary N) is 2. The van der Waals surface area contributed by atoms with Crippen LogP contribution in [0.5, 0.6) is 0 Å². The SMILES string of the molecule is C[C@@H](CO)S(=O)(=O)Nc1ccc(C(=O)Nc2cccc(S(=O)[O-])c2)c(N2CCC3(CC2)CC3)c1. The van der Waals surface area contributed by atoms with Gasteiger partial charge < -0.3 is 19.9 Å². The van der Waals surface area contributed by atoms with E-state index in [9.17, 15) is 27.1 Å². The van der Waals surface area contributed by atoms with Crippen molar-refractivity contribution in [3.05, 3.63) is 48.0 Å². The highest BCUT2D eigenvalue weighted by Crippen LogP contribution is 2.54. The van der Waals surface area contributed by atoms with Crippen LogP contribution in [0, 0.1) is 5.41 Å². The predicted molar refractivity (Wildman–Crippen MR) is 130 cm³/mol. The first kappa shape index (κ1) is 24.6. The van der Waals surface area contributed by atoms with Crippen LogP contribution >= 0.6 is 0 Å². The number of amides is 1. The molecule has 1 amide bonds. The summed E-state index contributed by atoms with van der Waals surface area (Å²) in [5, 5.41) is 11.0. The number of rotatable bonds is 8. The van der Waals surface area contributed by atoms with Gasteiger partial charge in [0.1, 0.15) is 5.25 Å². The average molecular weight is 507 g/mol. The van der Waals surface area contributed by atoms with Gasteiger partial charge in [0.2, 0.25) is 10.0 Å². The van der Waals surface area contributed by atoms with E-state index < -0.39 is 38.9 Å². The Balaban J connectivity index is 1.63. The molecule has 2 atom stereocenters. The van der Waals surface area contributed by atoms with E-state index in [1.807, 2.05) is 0 Å². The van der Waals surface area contributed by atoms with E-state index in [1.54, 1.807) is 24.3 Å². The van der Waals surface area contributed by atoms with Crippen molar-refractivity contribution < 1.29 is 27.1 Å². The second-order valence-corrected chi connectivity index (χ2v) is 12.1. The first-order chi connectivity index (χ1) is 16.1. The monoisotopic (exact) mass is 506 g/mol. The molecule has 1 unspecified atom stereocenters. The van der Waals surface area contributed by atoms with Gasteiger partial charge >= 0.3 is 0 Å². The molecule has 0 radical (unpaired) electrons. The molecule has 4 rings (SSSR count). The minimum absolute atomic E-state index is 0.0616. The number of hydrogen-bond donors (Lipinski definition) is 3. The van der Waals surface area contributed by atoms with Crippen LogP contribution in [-0.2, 0) is 21.1 Å². The molecule has 1 aliphatic heterocycles. The molecule has 1 spiro atoms. The number of anilines is 3. The zero-order valence-corrected chi connectivity index (χ0v) is 20.5. The summed E-state index contributed by atoms with van der Waals surface area (Å²) in [4.78, 5) is 15.3. The van der Waals surface area contributed by atoms with Crippen LogP contribution in [0.4, 0.5) is 17.1 Å². The summed E-state index contributed by atoms with van der Waals surface area (Å²) in [6, 6.07) is 10.7. The van der Waals surface area contributed by atoms with E-state index >= 15 is 0 Å². The number of aliphatic hydroxyl groups excluding tert-OH is 1. The van der Waals surface area contributed by atoms with Gasteiger partial charge in [-0.05, 0) is 85.5 Å². The van der Waals surface area contributed by atoms with Crippen molar-refractivity contribution in [2.24, 2.45) is 5.41 Å². The lowest BCUT2D eigenvalue weighted by Crippen LogP contribution is -2.36. The fraction of sp³-hybridized carbons (Fsp3) is 0.435. The Kier molecular flexibility index (Phi) is 6.99. The fourth-order valence-electron chi connectivity index (χ4n) is 4.19. The van der Waals surface area contributed by atoms with Crippen molar-refractivity contribution in [3.63, 3.8) is 0 Å². The van der Waals surface area contributed by atoms with Gasteiger partial charge in [0.15, 0.2) is 0 Å². The van der Waals surface area contributed by atoms with Gasteiger partial charge in [0.25, 0.3) is 5.91 Å². The lowest BCUT2D eigenvalue weighted by molar-refractivity contribution is 0.102. The number of nitrogens with zero attached hydrogens (tertiary/aromatic N) is 1. The highest BCUT2D eigenvalue weighted by molar-refractivity contribution is 7.93. The Morgan fingerprint density at radius 1 is 1.15 bits per heavy atom. The second kappa shape index (κ2) is 9.65. The smallest absolute Gasteiger partial charge is 0.257 e. The molecule has 11 heteroatoms. The lowest BCUT2D eigenvalue weighted by atomic mass is 9.93. The molecule has 0 bridgehead atoms. The van der Waals surface area contributed by atoms with Crippen molar-refractivity contribution in [1.82, 2.24) is 0 Å². The molecule has 184 valence electrons. The Morgan fingerprint density at radius 2 is 1.85 bits per heavy atom. The first-order valence-corrected chi connectivity index (χ1v) is 13.8. The Hall–Kier alpha value is -2.47. The third kappa shape index (κ3) is 5.43.